The molecule has 0 aliphatic rings. The first kappa shape index (κ1) is 31.0. The van der Waals surface area contributed by atoms with Crippen LogP contribution in [0, 0.1) is 40.8 Å². The predicted octanol–water partition coefficient (Wildman–Crippen LogP) is 3.61. The van der Waals surface area contributed by atoms with Crippen molar-refractivity contribution in [3.8, 4) is 0 Å². The summed E-state index contributed by atoms with van der Waals surface area (Å²) in [6.45, 7) is 5.48. The molecule has 3 N–H and O–H groups in total. The first-order valence-electron chi connectivity index (χ1n) is 6.88. The molecule has 0 fully saturated rings. The second-order valence-corrected chi connectivity index (χ2v) is 3.67. The Morgan fingerprint density at radius 3 is 0.840 bits per heavy atom. The fourth-order valence-corrected chi connectivity index (χ4v) is 0.747. The molecule has 7 heteroatoms. The second kappa shape index (κ2) is 27.1. The van der Waals surface area contributed by atoms with Crippen LogP contribution < -0.4 is 0 Å². The van der Waals surface area contributed by atoms with Gasteiger partial charge in [0.25, 0.3) is 0 Å². The van der Waals surface area contributed by atoms with E-state index in [-0.39, 0.29) is 40.8 Å². The number of allylic oxidation sites excluding steroid dienone is 9. The molecule has 0 aliphatic carbocycles. The zero-order valence-corrected chi connectivity index (χ0v) is 17.7. The van der Waals surface area contributed by atoms with Crippen molar-refractivity contribution in [3.05, 3.63) is 72.9 Å². The molecule has 0 bridgehead atoms. The van der Waals surface area contributed by atoms with Gasteiger partial charge in [0, 0.05) is 59.1 Å². The van der Waals surface area contributed by atoms with Gasteiger partial charge in [0.2, 0.25) is 0 Å². The van der Waals surface area contributed by atoms with Crippen molar-refractivity contribution in [3.63, 3.8) is 0 Å². The number of aliphatic carboxylic acids is 3. The van der Waals surface area contributed by atoms with Gasteiger partial charge in [-0.15, -0.1) is 0 Å². The van der Waals surface area contributed by atoms with Crippen molar-refractivity contribution in [1.82, 2.24) is 0 Å². The van der Waals surface area contributed by atoms with Crippen molar-refractivity contribution in [2.75, 3.05) is 0 Å². The van der Waals surface area contributed by atoms with Gasteiger partial charge >= 0.3 is 17.9 Å². The third-order valence-electron chi connectivity index (χ3n) is 1.63. The van der Waals surface area contributed by atoms with Crippen LogP contribution in [0.5, 0.6) is 0 Å². The Kier molecular flexibility index (Phi) is 33.6. The average molecular weight is 481 g/mol. The summed E-state index contributed by atoms with van der Waals surface area (Å²) in [5.74, 6) is -2.74. The van der Waals surface area contributed by atoms with Crippen molar-refractivity contribution in [2.24, 2.45) is 0 Å². The van der Waals surface area contributed by atoms with E-state index in [4.69, 9.17) is 15.3 Å². The second-order valence-electron chi connectivity index (χ2n) is 3.67. The van der Waals surface area contributed by atoms with Gasteiger partial charge in [0.15, 0.2) is 0 Å². The molecule has 0 saturated carbocycles. The summed E-state index contributed by atoms with van der Waals surface area (Å²) in [7, 11) is 0. The molecule has 0 radical (unpaired) electrons. The fourth-order valence-electron chi connectivity index (χ4n) is 0.747. The van der Waals surface area contributed by atoms with Crippen LogP contribution >= 0.6 is 0 Å². The van der Waals surface area contributed by atoms with Crippen LogP contribution in [0.3, 0.4) is 0 Å². The van der Waals surface area contributed by atoms with Gasteiger partial charge in [0.05, 0.1) is 0 Å². The standard InChI is InChI=1S/3C6H8O2.Nd/c3*1-2-3-4-5-6(7)8;/h3*2-5H,1H3,(H,7,8);/b3*3-2+,5-4+;. The van der Waals surface area contributed by atoms with Crippen molar-refractivity contribution in [1.29, 1.82) is 0 Å². The minimum absolute atomic E-state index is 0. The Morgan fingerprint density at radius 2 is 0.720 bits per heavy atom. The SMILES string of the molecule is C/C=C/C=C/C(=O)O.C/C=C/C=C/C(=O)O.C/C=C/C=C/C(=O)O.[Nd]. The molecule has 0 aliphatic heterocycles. The van der Waals surface area contributed by atoms with Crippen LogP contribution in [0.2, 0.25) is 0 Å². The van der Waals surface area contributed by atoms with E-state index < -0.39 is 17.9 Å². The molecule has 6 nitrogen and oxygen atoms in total. The van der Waals surface area contributed by atoms with Gasteiger partial charge in [-0.1, -0.05) is 54.7 Å². The average Bonchev–Trinajstić information content (AvgIpc) is 2.48. The van der Waals surface area contributed by atoms with E-state index in [0.29, 0.717) is 0 Å². The van der Waals surface area contributed by atoms with Crippen molar-refractivity contribution in [2.45, 2.75) is 20.8 Å². The number of carboxylic acids is 3. The minimum Gasteiger partial charge on any atom is -0.478 e. The van der Waals surface area contributed by atoms with Gasteiger partial charge in [0.1, 0.15) is 0 Å². The molecule has 136 valence electrons. The van der Waals surface area contributed by atoms with Crippen LogP contribution in [0.15, 0.2) is 72.9 Å². The molecule has 25 heavy (non-hydrogen) atoms. The van der Waals surface area contributed by atoms with Gasteiger partial charge in [-0.05, 0) is 20.8 Å². The molecule has 0 heterocycles. The molecule has 0 atom stereocenters. The Labute approximate surface area is 181 Å². The summed E-state index contributed by atoms with van der Waals surface area (Å²) in [6, 6.07) is 0. The van der Waals surface area contributed by atoms with Gasteiger partial charge in [-0.2, -0.15) is 0 Å². The van der Waals surface area contributed by atoms with E-state index in [9.17, 15) is 14.4 Å². The van der Waals surface area contributed by atoms with E-state index in [2.05, 4.69) is 0 Å². The Balaban J connectivity index is -0.000000130. The maximum Gasteiger partial charge on any atom is 0.328 e. The van der Waals surface area contributed by atoms with E-state index >= 15 is 0 Å². The third kappa shape index (κ3) is 52.0. The van der Waals surface area contributed by atoms with Crippen molar-refractivity contribution < 1.29 is 70.5 Å². The first-order chi connectivity index (χ1) is 11.3. The Morgan fingerprint density at radius 1 is 0.520 bits per heavy atom. The van der Waals surface area contributed by atoms with Gasteiger partial charge in [-0.3, -0.25) is 0 Å². The number of rotatable bonds is 6. The molecule has 0 saturated heterocycles. The molecular formula is C18H24NdO6. The topological polar surface area (TPSA) is 112 Å². The summed E-state index contributed by atoms with van der Waals surface area (Å²) in [5, 5.41) is 24.1. The van der Waals surface area contributed by atoms with Crippen LogP contribution in [0.1, 0.15) is 20.8 Å². The van der Waals surface area contributed by atoms with Crippen LogP contribution in [0.4, 0.5) is 0 Å². The molecule has 0 aromatic rings. The summed E-state index contributed by atoms with van der Waals surface area (Å²) < 4.78 is 0. The minimum atomic E-state index is -0.914. The molecule has 0 aromatic heterocycles. The largest absolute Gasteiger partial charge is 0.478 e. The molecule has 0 amide bonds. The molecular weight excluding hydrogens is 456 g/mol. The predicted molar refractivity (Wildman–Crippen MR) is 94.8 cm³/mol. The van der Waals surface area contributed by atoms with E-state index in [0.717, 1.165) is 18.2 Å². The van der Waals surface area contributed by atoms with Crippen molar-refractivity contribution >= 4 is 17.9 Å². The summed E-state index contributed by atoms with van der Waals surface area (Å²) in [5.41, 5.74) is 0. The van der Waals surface area contributed by atoms with E-state index in [1.54, 1.807) is 36.5 Å². The summed E-state index contributed by atoms with van der Waals surface area (Å²) in [6.07, 6.45) is 17.9. The molecule has 0 aromatic carbocycles. The first-order valence-corrected chi connectivity index (χ1v) is 6.88. The zero-order chi connectivity index (χ0) is 19.2. The number of carbonyl (C=O) groups is 3. The van der Waals surface area contributed by atoms with Crippen LogP contribution in [-0.2, 0) is 14.4 Å². The van der Waals surface area contributed by atoms with Crippen LogP contribution in [-0.4, -0.2) is 33.2 Å². The summed E-state index contributed by atoms with van der Waals surface area (Å²) >= 11 is 0. The molecule has 0 spiro atoms. The fraction of sp³-hybridized carbons (Fsp3) is 0.167. The Hall–Kier alpha value is -1.80. The quantitative estimate of drug-likeness (QED) is 0.396. The number of carboxylic acid groups (broad SMARTS) is 3. The number of hydrogen-bond donors (Lipinski definition) is 3. The smallest absolute Gasteiger partial charge is 0.328 e. The third-order valence-corrected chi connectivity index (χ3v) is 1.63. The molecule has 0 rings (SSSR count). The van der Waals surface area contributed by atoms with E-state index in [1.807, 2.05) is 20.8 Å². The van der Waals surface area contributed by atoms with Gasteiger partial charge < -0.3 is 15.3 Å². The Bertz CT molecular complexity index is 450. The normalized spacial score (nSPS) is 10.7. The van der Waals surface area contributed by atoms with E-state index in [1.165, 1.54) is 18.2 Å². The molecule has 0 unspecified atom stereocenters. The number of hydrogen-bond acceptors (Lipinski definition) is 3. The monoisotopic (exact) mass is 478 g/mol. The maximum atomic E-state index is 9.75. The van der Waals surface area contributed by atoms with Crippen LogP contribution in [0.25, 0.3) is 0 Å². The zero-order valence-electron chi connectivity index (χ0n) is 14.5. The summed E-state index contributed by atoms with van der Waals surface area (Å²) in [4.78, 5) is 29.3. The maximum absolute atomic E-state index is 9.75. The van der Waals surface area contributed by atoms with Gasteiger partial charge in [-0.25, -0.2) is 14.4 Å².